The Kier molecular flexibility index (Phi) is 6.59. The number of nitrogens with zero attached hydrogens (tertiary/aromatic N) is 2. The normalized spacial score (nSPS) is 17.0. The standard InChI is InChI=1S/C20H30N2O3/c1-6-8-17(23)15-9-10-18-16(13-15)22(12-7-11-21(4)5)20(24)19(25-18)14(2)3/h9-10,13-14,19H,6-8,11-12H2,1-5H3. The lowest BCUT2D eigenvalue weighted by atomic mass is 10.0. The van der Waals surface area contributed by atoms with Crippen LogP contribution in [0.25, 0.3) is 0 Å². The Hall–Kier alpha value is -1.88. The van der Waals surface area contributed by atoms with Crippen molar-refractivity contribution < 1.29 is 14.3 Å². The zero-order valence-corrected chi connectivity index (χ0v) is 16.0. The van der Waals surface area contributed by atoms with E-state index in [-0.39, 0.29) is 17.6 Å². The molecule has 0 N–H and O–H groups in total. The molecule has 1 aromatic carbocycles. The summed E-state index contributed by atoms with van der Waals surface area (Å²) in [5.74, 6) is 0.882. The van der Waals surface area contributed by atoms with E-state index < -0.39 is 6.10 Å². The first-order valence-electron chi connectivity index (χ1n) is 9.15. The molecule has 1 atom stereocenters. The first kappa shape index (κ1) is 19.4. The molecule has 138 valence electrons. The van der Waals surface area contributed by atoms with Crippen LogP contribution in [0.2, 0.25) is 0 Å². The van der Waals surface area contributed by atoms with E-state index in [4.69, 9.17) is 4.74 Å². The molecule has 1 unspecified atom stereocenters. The summed E-state index contributed by atoms with van der Waals surface area (Å²) in [6, 6.07) is 5.46. The van der Waals surface area contributed by atoms with Crippen molar-refractivity contribution >= 4 is 17.4 Å². The van der Waals surface area contributed by atoms with Gasteiger partial charge in [0.25, 0.3) is 5.91 Å². The molecule has 1 aromatic rings. The smallest absolute Gasteiger partial charge is 0.268 e. The predicted molar refractivity (Wildman–Crippen MR) is 100 cm³/mol. The molecule has 0 saturated carbocycles. The third-order valence-corrected chi connectivity index (χ3v) is 4.40. The first-order chi connectivity index (χ1) is 11.8. The summed E-state index contributed by atoms with van der Waals surface area (Å²) in [6.07, 6.45) is 1.73. The van der Waals surface area contributed by atoms with Crippen molar-refractivity contribution in [1.82, 2.24) is 4.90 Å². The van der Waals surface area contributed by atoms with E-state index in [2.05, 4.69) is 4.90 Å². The van der Waals surface area contributed by atoms with Crippen LogP contribution in [0.5, 0.6) is 5.75 Å². The third-order valence-electron chi connectivity index (χ3n) is 4.40. The second kappa shape index (κ2) is 8.48. The summed E-state index contributed by atoms with van der Waals surface area (Å²) >= 11 is 0. The van der Waals surface area contributed by atoms with Crippen molar-refractivity contribution in [3.63, 3.8) is 0 Å². The van der Waals surface area contributed by atoms with Crippen LogP contribution in [-0.2, 0) is 4.79 Å². The lowest BCUT2D eigenvalue weighted by Gasteiger charge is -2.36. The fraction of sp³-hybridized carbons (Fsp3) is 0.600. The van der Waals surface area contributed by atoms with E-state index in [1.165, 1.54) is 0 Å². The van der Waals surface area contributed by atoms with Crippen molar-refractivity contribution in [2.45, 2.75) is 46.1 Å². The van der Waals surface area contributed by atoms with Gasteiger partial charge in [-0.25, -0.2) is 0 Å². The van der Waals surface area contributed by atoms with Gasteiger partial charge < -0.3 is 14.5 Å². The molecule has 5 heteroatoms. The van der Waals surface area contributed by atoms with Gasteiger partial charge in [-0.1, -0.05) is 20.8 Å². The van der Waals surface area contributed by atoms with E-state index in [0.717, 1.165) is 25.1 Å². The molecule has 0 fully saturated rings. The molecule has 0 saturated heterocycles. The van der Waals surface area contributed by atoms with E-state index in [9.17, 15) is 9.59 Å². The van der Waals surface area contributed by atoms with E-state index >= 15 is 0 Å². The van der Waals surface area contributed by atoms with E-state index in [1.807, 2.05) is 53.1 Å². The quantitative estimate of drug-likeness (QED) is 0.677. The molecular weight excluding hydrogens is 316 g/mol. The lowest BCUT2D eigenvalue weighted by Crippen LogP contribution is -2.49. The minimum absolute atomic E-state index is 0.0126. The molecule has 1 amide bonds. The first-order valence-corrected chi connectivity index (χ1v) is 9.15. The summed E-state index contributed by atoms with van der Waals surface area (Å²) in [5, 5.41) is 0. The minimum Gasteiger partial charge on any atom is -0.478 e. The highest BCUT2D eigenvalue weighted by Gasteiger charge is 2.36. The van der Waals surface area contributed by atoms with Crippen LogP contribution < -0.4 is 9.64 Å². The van der Waals surface area contributed by atoms with Gasteiger partial charge in [-0.05, 0) is 57.6 Å². The maximum absolute atomic E-state index is 12.9. The van der Waals surface area contributed by atoms with Crippen molar-refractivity contribution in [3.8, 4) is 5.75 Å². The highest BCUT2D eigenvalue weighted by atomic mass is 16.5. The molecule has 25 heavy (non-hydrogen) atoms. The molecule has 1 aliphatic rings. The van der Waals surface area contributed by atoms with Crippen LogP contribution in [0.1, 0.15) is 50.4 Å². The fourth-order valence-corrected chi connectivity index (χ4v) is 3.03. The molecule has 0 spiro atoms. The highest BCUT2D eigenvalue weighted by molar-refractivity contribution is 6.03. The second-order valence-corrected chi connectivity index (χ2v) is 7.28. The van der Waals surface area contributed by atoms with Gasteiger partial charge >= 0.3 is 0 Å². The molecule has 0 bridgehead atoms. The monoisotopic (exact) mass is 346 g/mol. The van der Waals surface area contributed by atoms with Crippen LogP contribution >= 0.6 is 0 Å². The third kappa shape index (κ3) is 4.60. The number of amides is 1. The molecule has 1 aliphatic heterocycles. The zero-order chi connectivity index (χ0) is 18.6. The molecule has 1 heterocycles. The van der Waals surface area contributed by atoms with Crippen LogP contribution in [-0.4, -0.2) is 49.9 Å². The van der Waals surface area contributed by atoms with Crippen LogP contribution in [0.4, 0.5) is 5.69 Å². The van der Waals surface area contributed by atoms with Crippen LogP contribution in [0, 0.1) is 5.92 Å². The van der Waals surface area contributed by atoms with Crippen molar-refractivity contribution in [1.29, 1.82) is 0 Å². The molecule has 0 radical (unpaired) electrons. The Morgan fingerprint density at radius 1 is 1.32 bits per heavy atom. The SMILES string of the molecule is CCCC(=O)c1ccc2c(c1)N(CCCN(C)C)C(=O)C(C(C)C)O2. The Balaban J connectivity index is 2.33. The Morgan fingerprint density at radius 2 is 2.04 bits per heavy atom. The Labute approximate surface area is 150 Å². The number of hydrogen-bond acceptors (Lipinski definition) is 4. The number of fused-ring (bicyclic) bond motifs is 1. The number of rotatable bonds is 8. The molecule has 2 rings (SSSR count). The number of carbonyl (C=O) groups is 2. The summed E-state index contributed by atoms with van der Waals surface area (Å²) in [7, 11) is 4.04. The summed E-state index contributed by atoms with van der Waals surface area (Å²) in [5.41, 5.74) is 1.38. The van der Waals surface area contributed by atoms with Gasteiger partial charge in [0.15, 0.2) is 11.9 Å². The van der Waals surface area contributed by atoms with Gasteiger partial charge in [-0.2, -0.15) is 0 Å². The van der Waals surface area contributed by atoms with Crippen LogP contribution in [0.3, 0.4) is 0 Å². The molecule has 0 aromatic heterocycles. The van der Waals surface area contributed by atoms with Gasteiger partial charge in [0.2, 0.25) is 0 Å². The van der Waals surface area contributed by atoms with Gasteiger partial charge in [0.05, 0.1) is 5.69 Å². The number of hydrogen-bond donors (Lipinski definition) is 0. The summed E-state index contributed by atoms with van der Waals surface area (Å²) in [6.45, 7) is 7.50. The largest absolute Gasteiger partial charge is 0.478 e. The Bertz CT molecular complexity index is 625. The highest BCUT2D eigenvalue weighted by Crippen LogP contribution is 2.37. The summed E-state index contributed by atoms with van der Waals surface area (Å²) < 4.78 is 5.95. The molecular formula is C20H30N2O3. The van der Waals surface area contributed by atoms with Gasteiger partial charge in [-0.15, -0.1) is 0 Å². The van der Waals surface area contributed by atoms with Gasteiger partial charge in [0, 0.05) is 18.5 Å². The fourth-order valence-electron chi connectivity index (χ4n) is 3.03. The average molecular weight is 346 g/mol. The maximum atomic E-state index is 12.9. The topological polar surface area (TPSA) is 49.9 Å². The number of ether oxygens (including phenoxy) is 1. The number of anilines is 1. The van der Waals surface area contributed by atoms with Crippen LogP contribution in [0.15, 0.2) is 18.2 Å². The molecule has 0 aliphatic carbocycles. The number of benzene rings is 1. The zero-order valence-electron chi connectivity index (χ0n) is 16.0. The minimum atomic E-state index is -0.468. The van der Waals surface area contributed by atoms with Gasteiger partial charge in [0.1, 0.15) is 5.75 Å². The number of ketones is 1. The predicted octanol–water partition coefficient (Wildman–Crippen LogP) is 3.37. The second-order valence-electron chi connectivity index (χ2n) is 7.28. The average Bonchev–Trinajstić information content (AvgIpc) is 2.55. The maximum Gasteiger partial charge on any atom is 0.268 e. The molecule has 5 nitrogen and oxygen atoms in total. The Morgan fingerprint density at radius 3 is 2.64 bits per heavy atom. The summed E-state index contributed by atoms with van der Waals surface area (Å²) in [4.78, 5) is 29.1. The van der Waals surface area contributed by atoms with Crippen molar-refractivity contribution in [3.05, 3.63) is 23.8 Å². The van der Waals surface area contributed by atoms with Crippen molar-refractivity contribution in [2.24, 2.45) is 5.92 Å². The number of Topliss-reactive ketones (excluding diaryl/α,β-unsaturated/α-hetero) is 1. The van der Waals surface area contributed by atoms with E-state index in [1.54, 1.807) is 4.90 Å². The number of carbonyl (C=O) groups excluding carboxylic acids is 2. The van der Waals surface area contributed by atoms with Crippen molar-refractivity contribution in [2.75, 3.05) is 32.1 Å². The van der Waals surface area contributed by atoms with Gasteiger partial charge in [-0.3, -0.25) is 9.59 Å². The lowest BCUT2D eigenvalue weighted by molar-refractivity contribution is -0.128. The van der Waals surface area contributed by atoms with E-state index in [0.29, 0.717) is 24.3 Å².